The molecule has 0 atom stereocenters. The van der Waals surface area contributed by atoms with Crippen LogP contribution in [0, 0.1) is 0 Å². The summed E-state index contributed by atoms with van der Waals surface area (Å²) in [5, 5.41) is 0. The van der Waals surface area contributed by atoms with E-state index in [4.69, 9.17) is 5.73 Å². The Balaban J connectivity index is 2.30. The van der Waals surface area contributed by atoms with Crippen LogP contribution in [-0.2, 0) is 23.2 Å². The first-order valence-corrected chi connectivity index (χ1v) is 6.86. The highest BCUT2D eigenvalue weighted by atomic mass is 32.2. The van der Waals surface area contributed by atoms with Crippen molar-refractivity contribution in [2.75, 3.05) is 26.4 Å². The standard InChI is InChI=1S/C11H17N3O2S/c1-13(2)17(15,16)14-6-5-9-3-4-11(12)7-10(9)8-14/h3-4,7H,5-6,8,12H2,1-2H3. The first kappa shape index (κ1) is 12.3. The lowest BCUT2D eigenvalue weighted by atomic mass is 10.0. The molecule has 0 unspecified atom stereocenters. The summed E-state index contributed by atoms with van der Waals surface area (Å²) in [5.74, 6) is 0. The summed E-state index contributed by atoms with van der Waals surface area (Å²) < 4.78 is 26.7. The summed E-state index contributed by atoms with van der Waals surface area (Å²) in [5.41, 5.74) is 8.58. The van der Waals surface area contributed by atoms with E-state index in [0.29, 0.717) is 18.8 Å². The number of rotatable bonds is 2. The van der Waals surface area contributed by atoms with Gasteiger partial charge in [-0.25, -0.2) is 0 Å². The number of hydrogen-bond acceptors (Lipinski definition) is 3. The topological polar surface area (TPSA) is 66.6 Å². The van der Waals surface area contributed by atoms with Crippen LogP contribution < -0.4 is 5.73 Å². The maximum atomic E-state index is 12.0. The number of hydrogen-bond donors (Lipinski definition) is 1. The Morgan fingerprint density at radius 1 is 1.29 bits per heavy atom. The Bertz CT molecular complexity index is 526. The van der Waals surface area contributed by atoms with Gasteiger partial charge in [0.2, 0.25) is 0 Å². The van der Waals surface area contributed by atoms with Crippen LogP contribution in [0.1, 0.15) is 11.1 Å². The Kier molecular flexibility index (Phi) is 3.11. The van der Waals surface area contributed by atoms with Gasteiger partial charge in [0.15, 0.2) is 0 Å². The van der Waals surface area contributed by atoms with Gasteiger partial charge in [-0.05, 0) is 29.7 Å². The molecule has 94 valence electrons. The van der Waals surface area contributed by atoms with E-state index < -0.39 is 10.2 Å². The molecule has 1 aliphatic heterocycles. The van der Waals surface area contributed by atoms with E-state index in [1.807, 2.05) is 18.2 Å². The molecular formula is C11H17N3O2S. The molecule has 0 amide bonds. The van der Waals surface area contributed by atoms with E-state index in [-0.39, 0.29) is 0 Å². The van der Waals surface area contributed by atoms with Crippen molar-refractivity contribution in [2.24, 2.45) is 0 Å². The summed E-state index contributed by atoms with van der Waals surface area (Å²) in [4.78, 5) is 0. The molecule has 0 fully saturated rings. The average molecular weight is 255 g/mol. The maximum absolute atomic E-state index is 12.0. The molecule has 0 aliphatic carbocycles. The van der Waals surface area contributed by atoms with Crippen LogP contribution in [0.3, 0.4) is 0 Å². The van der Waals surface area contributed by atoms with Crippen LogP contribution in [0.25, 0.3) is 0 Å². The van der Waals surface area contributed by atoms with Gasteiger partial charge in [0.25, 0.3) is 10.2 Å². The Labute approximate surface area is 102 Å². The molecule has 0 bridgehead atoms. The van der Waals surface area contributed by atoms with Crippen molar-refractivity contribution in [1.29, 1.82) is 0 Å². The molecule has 1 aliphatic rings. The van der Waals surface area contributed by atoms with Gasteiger partial charge in [0.1, 0.15) is 0 Å². The molecule has 1 heterocycles. The lowest BCUT2D eigenvalue weighted by Crippen LogP contribution is -2.42. The highest BCUT2D eigenvalue weighted by Gasteiger charge is 2.28. The molecule has 2 rings (SSSR count). The molecular weight excluding hydrogens is 238 g/mol. The van der Waals surface area contributed by atoms with Crippen molar-refractivity contribution in [2.45, 2.75) is 13.0 Å². The van der Waals surface area contributed by atoms with E-state index in [1.165, 1.54) is 14.2 Å². The Hall–Kier alpha value is -1.11. The second-order valence-electron chi connectivity index (χ2n) is 4.40. The third-order valence-electron chi connectivity index (χ3n) is 3.00. The van der Waals surface area contributed by atoms with Crippen LogP contribution in [0.2, 0.25) is 0 Å². The smallest absolute Gasteiger partial charge is 0.281 e. The second kappa shape index (κ2) is 4.29. The molecule has 0 radical (unpaired) electrons. The van der Waals surface area contributed by atoms with E-state index in [0.717, 1.165) is 12.0 Å². The van der Waals surface area contributed by atoms with E-state index in [2.05, 4.69) is 0 Å². The van der Waals surface area contributed by atoms with Gasteiger partial charge in [-0.3, -0.25) is 0 Å². The molecule has 0 aromatic heterocycles. The molecule has 1 aromatic rings. The lowest BCUT2D eigenvalue weighted by molar-refractivity contribution is 0.358. The maximum Gasteiger partial charge on any atom is 0.281 e. The number of nitrogen functional groups attached to an aromatic ring is 1. The van der Waals surface area contributed by atoms with Crippen LogP contribution in [0.5, 0.6) is 0 Å². The monoisotopic (exact) mass is 255 g/mol. The van der Waals surface area contributed by atoms with Crippen molar-refractivity contribution in [3.8, 4) is 0 Å². The third-order valence-corrected chi connectivity index (χ3v) is 4.88. The van der Waals surface area contributed by atoms with Crippen molar-refractivity contribution in [1.82, 2.24) is 8.61 Å². The van der Waals surface area contributed by atoms with E-state index >= 15 is 0 Å². The molecule has 17 heavy (non-hydrogen) atoms. The molecule has 0 spiro atoms. The zero-order valence-electron chi connectivity index (χ0n) is 10.0. The van der Waals surface area contributed by atoms with Crippen LogP contribution >= 0.6 is 0 Å². The molecule has 0 saturated heterocycles. The number of nitrogens with zero attached hydrogens (tertiary/aromatic N) is 2. The van der Waals surface area contributed by atoms with Crippen LogP contribution in [0.4, 0.5) is 5.69 Å². The summed E-state index contributed by atoms with van der Waals surface area (Å²) in [6, 6.07) is 5.69. The first-order chi connectivity index (χ1) is 7.91. The number of nitrogens with two attached hydrogens (primary N) is 1. The van der Waals surface area contributed by atoms with Gasteiger partial charge in [0, 0.05) is 32.9 Å². The predicted molar refractivity (Wildman–Crippen MR) is 67.6 cm³/mol. The molecule has 1 aromatic carbocycles. The number of anilines is 1. The minimum absolute atomic E-state index is 0.404. The summed E-state index contributed by atoms with van der Waals surface area (Å²) >= 11 is 0. The fourth-order valence-corrected chi connectivity index (χ4v) is 3.07. The van der Waals surface area contributed by atoms with Crippen molar-refractivity contribution in [3.63, 3.8) is 0 Å². The van der Waals surface area contributed by atoms with Gasteiger partial charge in [-0.1, -0.05) is 6.07 Å². The SMILES string of the molecule is CN(C)S(=O)(=O)N1CCc2ccc(N)cc2C1. The fraction of sp³-hybridized carbons (Fsp3) is 0.455. The summed E-state index contributed by atoms with van der Waals surface area (Å²) in [6.07, 6.45) is 0.739. The first-order valence-electron chi connectivity index (χ1n) is 5.46. The van der Waals surface area contributed by atoms with Crippen LogP contribution in [0.15, 0.2) is 18.2 Å². The number of fused-ring (bicyclic) bond motifs is 1. The van der Waals surface area contributed by atoms with Crippen molar-refractivity contribution < 1.29 is 8.42 Å². The quantitative estimate of drug-likeness (QED) is 0.779. The molecule has 5 nitrogen and oxygen atoms in total. The normalized spacial score (nSPS) is 17.1. The minimum atomic E-state index is -3.33. The van der Waals surface area contributed by atoms with E-state index in [1.54, 1.807) is 14.1 Å². The predicted octanol–water partition coefficient (Wildman–Crippen LogP) is 0.433. The van der Waals surface area contributed by atoms with Gasteiger partial charge < -0.3 is 5.73 Å². The fourth-order valence-electron chi connectivity index (χ4n) is 1.98. The molecule has 2 N–H and O–H groups in total. The summed E-state index contributed by atoms with van der Waals surface area (Å²) in [6.45, 7) is 0.929. The van der Waals surface area contributed by atoms with Gasteiger partial charge in [-0.15, -0.1) is 0 Å². The highest BCUT2D eigenvalue weighted by Crippen LogP contribution is 2.23. The lowest BCUT2D eigenvalue weighted by Gasteiger charge is -2.30. The zero-order valence-corrected chi connectivity index (χ0v) is 10.9. The van der Waals surface area contributed by atoms with Crippen molar-refractivity contribution >= 4 is 15.9 Å². The Morgan fingerprint density at radius 3 is 2.65 bits per heavy atom. The van der Waals surface area contributed by atoms with E-state index in [9.17, 15) is 8.42 Å². The van der Waals surface area contributed by atoms with Crippen molar-refractivity contribution in [3.05, 3.63) is 29.3 Å². The van der Waals surface area contributed by atoms with Gasteiger partial charge in [-0.2, -0.15) is 17.0 Å². The Morgan fingerprint density at radius 2 is 2.00 bits per heavy atom. The van der Waals surface area contributed by atoms with Gasteiger partial charge in [0.05, 0.1) is 0 Å². The third kappa shape index (κ3) is 2.29. The minimum Gasteiger partial charge on any atom is -0.399 e. The molecule has 6 heteroatoms. The highest BCUT2D eigenvalue weighted by molar-refractivity contribution is 7.86. The van der Waals surface area contributed by atoms with Gasteiger partial charge >= 0.3 is 0 Å². The summed E-state index contributed by atoms with van der Waals surface area (Å²) in [7, 11) is -0.238. The molecule has 0 saturated carbocycles. The largest absolute Gasteiger partial charge is 0.399 e. The zero-order chi connectivity index (χ0) is 12.6. The second-order valence-corrected chi connectivity index (χ2v) is 6.54. The number of benzene rings is 1. The van der Waals surface area contributed by atoms with Crippen LogP contribution in [-0.4, -0.2) is 37.7 Å². The average Bonchev–Trinajstić information content (AvgIpc) is 2.27.